The Kier molecular flexibility index (Phi) is 8.03. The van der Waals surface area contributed by atoms with E-state index in [1.165, 1.54) is 27.8 Å². The first-order valence-electron chi connectivity index (χ1n) is 6.02. The third-order valence-electron chi connectivity index (χ3n) is 3.38. The summed E-state index contributed by atoms with van der Waals surface area (Å²) in [6, 6.07) is 8.59. The van der Waals surface area contributed by atoms with Gasteiger partial charge in [-0.1, -0.05) is 50.3 Å². The zero-order valence-corrected chi connectivity index (χ0v) is 15.4. The first-order valence-corrected chi connectivity index (χ1v) is 6.02. The van der Waals surface area contributed by atoms with Crippen LogP contribution in [0.2, 0.25) is 0 Å². The van der Waals surface area contributed by atoms with Crippen molar-refractivity contribution in [2.24, 2.45) is 0 Å². The number of fused-ring (bicyclic) bond motifs is 1. The summed E-state index contributed by atoms with van der Waals surface area (Å²) in [7, 11) is 0. The minimum absolute atomic E-state index is 0. The van der Waals surface area contributed by atoms with Crippen LogP contribution in [0.15, 0.2) is 59.2 Å². The number of rotatable bonds is 1. The van der Waals surface area contributed by atoms with Crippen LogP contribution >= 0.6 is 0 Å². The topological polar surface area (TPSA) is 0 Å². The van der Waals surface area contributed by atoms with Crippen molar-refractivity contribution in [1.82, 2.24) is 0 Å². The molecule has 0 amide bonds. The van der Waals surface area contributed by atoms with Crippen LogP contribution < -0.4 is 24.8 Å². The molecule has 20 heavy (non-hydrogen) atoms. The molecule has 1 aromatic rings. The van der Waals surface area contributed by atoms with Crippen molar-refractivity contribution < 1.29 is 51.0 Å². The molecule has 0 aliphatic heterocycles. The summed E-state index contributed by atoms with van der Waals surface area (Å²) in [6.07, 6.45) is 12.3. The van der Waals surface area contributed by atoms with E-state index in [0.717, 1.165) is 0 Å². The van der Waals surface area contributed by atoms with Crippen LogP contribution in [0.5, 0.6) is 0 Å². The van der Waals surface area contributed by atoms with Crippen molar-refractivity contribution >= 4 is 6.08 Å². The maximum atomic E-state index is 3.51. The molecule has 1 radical (unpaired) electrons. The molecule has 0 N–H and O–H groups in total. The SMILES string of the molecule is CC(C)=C1[C-]=C(C2C=Cc3ccccc32)C=C1.[Cl-].[Cl-].[Zr+3]. The van der Waals surface area contributed by atoms with Crippen molar-refractivity contribution in [3.05, 3.63) is 76.4 Å². The van der Waals surface area contributed by atoms with Gasteiger partial charge in [0.25, 0.3) is 0 Å². The summed E-state index contributed by atoms with van der Waals surface area (Å²) in [5.74, 6) is 0.388. The zero-order chi connectivity index (χ0) is 11.8. The van der Waals surface area contributed by atoms with Gasteiger partial charge in [-0.3, -0.25) is 0 Å². The Morgan fingerprint density at radius 2 is 1.70 bits per heavy atom. The average Bonchev–Trinajstić information content (AvgIpc) is 2.95. The van der Waals surface area contributed by atoms with E-state index < -0.39 is 0 Å². The second kappa shape index (κ2) is 8.18. The van der Waals surface area contributed by atoms with Crippen LogP contribution in [0.4, 0.5) is 0 Å². The molecule has 1 atom stereocenters. The maximum absolute atomic E-state index is 3.51. The third kappa shape index (κ3) is 3.64. The van der Waals surface area contributed by atoms with E-state index in [0.29, 0.717) is 5.92 Å². The predicted octanol–water partition coefficient (Wildman–Crippen LogP) is -1.56. The van der Waals surface area contributed by atoms with Gasteiger partial charge in [0.1, 0.15) is 0 Å². The molecule has 1 aromatic carbocycles. The number of hydrogen-bond donors (Lipinski definition) is 0. The third-order valence-corrected chi connectivity index (χ3v) is 3.38. The molecule has 0 heterocycles. The molecule has 101 valence electrons. The molecule has 2 aliphatic rings. The molecule has 0 spiro atoms. The Balaban J connectivity index is 0.00000120. The van der Waals surface area contributed by atoms with E-state index >= 15 is 0 Å². The van der Waals surface area contributed by atoms with Gasteiger partial charge in [-0.15, -0.1) is 17.2 Å². The number of allylic oxidation sites excluding steroid dienone is 7. The summed E-state index contributed by atoms with van der Waals surface area (Å²) in [5.41, 5.74) is 6.58. The second-order valence-corrected chi connectivity index (χ2v) is 4.79. The first-order chi connectivity index (χ1) is 8.25. The smallest absolute Gasteiger partial charge is 1.00 e. The molecule has 2 aliphatic carbocycles. The molecule has 0 bridgehead atoms. The van der Waals surface area contributed by atoms with Gasteiger partial charge in [0.15, 0.2) is 0 Å². The van der Waals surface area contributed by atoms with Crippen LogP contribution in [0.25, 0.3) is 6.08 Å². The molecular formula is C17H15Cl2Zr. The van der Waals surface area contributed by atoms with E-state index in [1.54, 1.807) is 0 Å². The monoisotopic (exact) mass is 379 g/mol. The quantitative estimate of drug-likeness (QED) is 0.517. The molecule has 3 heteroatoms. The standard InChI is InChI=1S/C17H15.2ClH.Zr/c1-12(2)14-7-8-15(11-14)17-10-9-13-5-3-4-6-16(13)17;;;/h3-10,17H,1-2H3;2*1H;/q-1;;;+3/p-2. The fourth-order valence-corrected chi connectivity index (χ4v) is 2.41. The Bertz CT molecular complexity index is 591. The largest absolute Gasteiger partial charge is 3.00 e. The van der Waals surface area contributed by atoms with Gasteiger partial charge in [-0.25, -0.2) is 0 Å². The fraction of sp³-hybridized carbons (Fsp3) is 0.176. The van der Waals surface area contributed by atoms with E-state index in [9.17, 15) is 0 Å². The average molecular weight is 381 g/mol. The molecule has 1 unspecified atom stereocenters. The predicted molar refractivity (Wildman–Crippen MR) is 72.5 cm³/mol. The van der Waals surface area contributed by atoms with Crippen LogP contribution in [0.1, 0.15) is 30.9 Å². The summed E-state index contributed by atoms with van der Waals surface area (Å²) in [6.45, 7) is 4.27. The first kappa shape index (κ1) is 19.6. The fourth-order valence-electron chi connectivity index (χ4n) is 2.41. The van der Waals surface area contributed by atoms with Crippen molar-refractivity contribution in [3.8, 4) is 0 Å². The van der Waals surface area contributed by atoms with Crippen molar-refractivity contribution in [3.63, 3.8) is 0 Å². The van der Waals surface area contributed by atoms with E-state index in [1.807, 2.05) is 0 Å². The van der Waals surface area contributed by atoms with Gasteiger partial charge in [0, 0.05) is 5.92 Å². The van der Waals surface area contributed by atoms with Gasteiger partial charge in [-0.05, 0) is 11.1 Å². The van der Waals surface area contributed by atoms with Gasteiger partial charge < -0.3 is 24.8 Å². The van der Waals surface area contributed by atoms with Crippen LogP contribution in [0, 0.1) is 6.08 Å². The van der Waals surface area contributed by atoms with E-state index in [-0.39, 0.29) is 51.0 Å². The molecule has 0 nitrogen and oxygen atoms in total. The van der Waals surface area contributed by atoms with Crippen molar-refractivity contribution in [2.75, 3.05) is 0 Å². The minimum Gasteiger partial charge on any atom is -1.00 e. The maximum Gasteiger partial charge on any atom is 3.00 e. The Hall–Kier alpha value is -0.357. The number of benzene rings is 1. The van der Waals surface area contributed by atoms with E-state index in [4.69, 9.17) is 0 Å². The van der Waals surface area contributed by atoms with Crippen LogP contribution in [-0.2, 0) is 26.2 Å². The molecule has 0 saturated heterocycles. The minimum atomic E-state index is 0. The van der Waals surface area contributed by atoms with Gasteiger partial charge in [-0.2, -0.15) is 17.7 Å². The summed E-state index contributed by atoms with van der Waals surface area (Å²) in [4.78, 5) is 0. The normalized spacial score (nSPS) is 17.6. The molecule has 0 saturated carbocycles. The van der Waals surface area contributed by atoms with Gasteiger partial charge in [0.05, 0.1) is 0 Å². The van der Waals surface area contributed by atoms with Crippen LogP contribution in [-0.4, -0.2) is 0 Å². The Morgan fingerprint density at radius 3 is 2.35 bits per heavy atom. The van der Waals surface area contributed by atoms with Gasteiger partial charge >= 0.3 is 26.2 Å². The summed E-state index contributed by atoms with van der Waals surface area (Å²) < 4.78 is 0. The second-order valence-electron chi connectivity index (χ2n) is 4.79. The van der Waals surface area contributed by atoms with E-state index in [2.05, 4.69) is 68.5 Å². The molecule has 3 rings (SSSR count). The molecule has 0 fully saturated rings. The zero-order valence-electron chi connectivity index (χ0n) is 11.5. The number of hydrogen-bond acceptors (Lipinski definition) is 0. The Labute approximate surface area is 152 Å². The number of halogens is 2. The molecule has 0 aromatic heterocycles. The van der Waals surface area contributed by atoms with Gasteiger partial charge in [0.2, 0.25) is 0 Å². The summed E-state index contributed by atoms with van der Waals surface area (Å²) in [5, 5.41) is 0. The van der Waals surface area contributed by atoms with Crippen molar-refractivity contribution in [1.29, 1.82) is 0 Å². The molecular weight excluding hydrogens is 366 g/mol. The summed E-state index contributed by atoms with van der Waals surface area (Å²) >= 11 is 0. The van der Waals surface area contributed by atoms with Crippen molar-refractivity contribution in [2.45, 2.75) is 19.8 Å². The Morgan fingerprint density at radius 1 is 1.00 bits per heavy atom. The van der Waals surface area contributed by atoms with Crippen LogP contribution in [0.3, 0.4) is 0 Å².